The fourth-order valence-corrected chi connectivity index (χ4v) is 3.91. The van der Waals surface area contributed by atoms with Crippen molar-refractivity contribution in [1.82, 2.24) is 14.9 Å². The summed E-state index contributed by atoms with van der Waals surface area (Å²) in [7, 11) is -3.60. The highest BCUT2D eigenvalue weighted by Gasteiger charge is 2.17. The molecule has 0 amide bonds. The predicted molar refractivity (Wildman–Crippen MR) is 101 cm³/mol. The maximum atomic E-state index is 12.5. The molecule has 0 aliphatic rings. The zero-order chi connectivity index (χ0) is 19.4. The lowest BCUT2D eigenvalue weighted by Crippen LogP contribution is -2.29. The van der Waals surface area contributed by atoms with Gasteiger partial charge in [0, 0.05) is 12.6 Å². The van der Waals surface area contributed by atoms with Gasteiger partial charge < -0.3 is 9.15 Å². The predicted octanol–water partition coefficient (Wildman–Crippen LogP) is 3.02. The normalized spacial score (nSPS) is 11.5. The molecule has 7 nitrogen and oxygen atoms in total. The van der Waals surface area contributed by atoms with Crippen LogP contribution in [-0.4, -0.2) is 31.8 Å². The maximum Gasteiger partial charge on any atom is 0.240 e. The second-order valence-electron chi connectivity index (χ2n) is 6.18. The Morgan fingerprint density at radius 1 is 1.04 bits per heavy atom. The zero-order valence-corrected chi connectivity index (χ0v) is 16.2. The van der Waals surface area contributed by atoms with Gasteiger partial charge in [-0.1, -0.05) is 6.07 Å². The Morgan fingerprint density at radius 3 is 2.48 bits per heavy atom. The van der Waals surface area contributed by atoms with Crippen molar-refractivity contribution in [2.24, 2.45) is 0 Å². The van der Waals surface area contributed by atoms with E-state index in [9.17, 15) is 8.42 Å². The van der Waals surface area contributed by atoms with Gasteiger partial charge in [-0.3, -0.25) is 0 Å². The second-order valence-corrected chi connectivity index (χ2v) is 7.92. The lowest BCUT2D eigenvalue weighted by atomic mass is 10.1. The van der Waals surface area contributed by atoms with E-state index in [1.807, 2.05) is 19.9 Å². The highest BCUT2D eigenvalue weighted by atomic mass is 32.2. The Balaban J connectivity index is 1.56. The molecule has 0 aliphatic carbocycles. The van der Waals surface area contributed by atoms with Gasteiger partial charge in [0.1, 0.15) is 12.3 Å². The van der Waals surface area contributed by atoms with Crippen LogP contribution in [0.15, 0.2) is 52.0 Å². The maximum absolute atomic E-state index is 12.5. The molecule has 0 radical (unpaired) electrons. The fourth-order valence-electron chi connectivity index (χ4n) is 2.59. The molecule has 0 bridgehead atoms. The number of furan rings is 1. The average Bonchev–Trinajstić information content (AvgIpc) is 3.17. The molecule has 2 aromatic heterocycles. The lowest BCUT2D eigenvalue weighted by molar-refractivity contribution is 0.307. The topological polar surface area (TPSA) is 94.3 Å². The highest BCUT2D eigenvalue weighted by Crippen LogP contribution is 2.20. The third-order valence-electron chi connectivity index (χ3n) is 4.14. The molecule has 0 saturated carbocycles. The van der Waals surface area contributed by atoms with E-state index in [0.29, 0.717) is 22.9 Å². The van der Waals surface area contributed by atoms with Gasteiger partial charge in [-0.15, -0.1) is 10.2 Å². The molecule has 142 valence electrons. The van der Waals surface area contributed by atoms with Gasteiger partial charge in [0.15, 0.2) is 5.76 Å². The highest BCUT2D eigenvalue weighted by molar-refractivity contribution is 7.89. The molecule has 0 spiro atoms. The van der Waals surface area contributed by atoms with Crippen LogP contribution in [0.2, 0.25) is 0 Å². The van der Waals surface area contributed by atoms with Crippen LogP contribution < -0.4 is 9.46 Å². The Bertz CT molecular complexity index is 1010. The van der Waals surface area contributed by atoms with Crippen molar-refractivity contribution in [3.05, 3.63) is 59.4 Å². The summed E-state index contributed by atoms with van der Waals surface area (Å²) in [5.74, 6) is 0.928. The summed E-state index contributed by atoms with van der Waals surface area (Å²) in [6, 6.07) is 10.5. The zero-order valence-electron chi connectivity index (χ0n) is 15.4. The SMILES string of the molecule is Cc1cc(C)c(S(=O)(=O)NCCOc2ccc(-c3ccco3)nn2)cc1C. The lowest BCUT2D eigenvalue weighted by Gasteiger charge is -2.12. The number of rotatable bonds is 7. The number of sulfonamides is 1. The first-order chi connectivity index (χ1) is 12.9. The minimum Gasteiger partial charge on any atom is -0.475 e. The smallest absolute Gasteiger partial charge is 0.240 e. The molecule has 0 fully saturated rings. The molecule has 0 atom stereocenters. The summed E-state index contributed by atoms with van der Waals surface area (Å²) in [5, 5.41) is 7.97. The summed E-state index contributed by atoms with van der Waals surface area (Å²) in [5.41, 5.74) is 3.31. The van der Waals surface area contributed by atoms with Crippen molar-refractivity contribution in [2.45, 2.75) is 25.7 Å². The summed E-state index contributed by atoms with van der Waals surface area (Å²) < 4.78 is 38.2. The number of hydrogen-bond acceptors (Lipinski definition) is 6. The monoisotopic (exact) mass is 387 g/mol. The van der Waals surface area contributed by atoms with Crippen LogP contribution in [-0.2, 0) is 10.0 Å². The number of nitrogens with zero attached hydrogens (tertiary/aromatic N) is 2. The number of aryl methyl sites for hydroxylation is 3. The number of ether oxygens (including phenoxy) is 1. The van der Waals surface area contributed by atoms with E-state index < -0.39 is 10.0 Å². The van der Waals surface area contributed by atoms with Gasteiger partial charge in [-0.2, -0.15) is 0 Å². The van der Waals surface area contributed by atoms with E-state index in [-0.39, 0.29) is 18.0 Å². The summed E-state index contributed by atoms with van der Waals surface area (Å²) in [6.07, 6.45) is 1.56. The Morgan fingerprint density at radius 2 is 1.81 bits per heavy atom. The number of aromatic nitrogens is 2. The molecule has 27 heavy (non-hydrogen) atoms. The largest absolute Gasteiger partial charge is 0.475 e. The van der Waals surface area contributed by atoms with Crippen molar-refractivity contribution in [3.8, 4) is 17.3 Å². The van der Waals surface area contributed by atoms with Crippen molar-refractivity contribution in [1.29, 1.82) is 0 Å². The number of hydrogen-bond donors (Lipinski definition) is 1. The van der Waals surface area contributed by atoms with Gasteiger partial charge in [-0.05, 0) is 61.7 Å². The minimum absolute atomic E-state index is 0.121. The molecule has 0 saturated heterocycles. The minimum atomic E-state index is -3.60. The van der Waals surface area contributed by atoms with E-state index in [1.54, 1.807) is 43.5 Å². The van der Waals surface area contributed by atoms with E-state index >= 15 is 0 Å². The standard InChI is InChI=1S/C19H21N3O4S/c1-13-11-15(3)18(12-14(13)2)27(23,24)20-8-10-26-19-7-6-16(21-22-19)17-5-4-9-25-17/h4-7,9,11-12,20H,8,10H2,1-3H3. The van der Waals surface area contributed by atoms with Gasteiger partial charge in [0.05, 0.1) is 11.2 Å². The van der Waals surface area contributed by atoms with Crippen molar-refractivity contribution >= 4 is 10.0 Å². The molecule has 3 rings (SSSR count). The van der Waals surface area contributed by atoms with Crippen molar-refractivity contribution in [3.63, 3.8) is 0 Å². The van der Waals surface area contributed by atoms with E-state index in [4.69, 9.17) is 9.15 Å². The second kappa shape index (κ2) is 7.89. The van der Waals surface area contributed by atoms with Crippen molar-refractivity contribution in [2.75, 3.05) is 13.2 Å². The molecule has 3 aromatic rings. The van der Waals surface area contributed by atoms with E-state index in [0.717, 1.165) is 11.1 Å². The van der Waals surface area contributed by atoms with Gasteiger partial charge in [0.2, 0.25) is 15.9 Å². The first-order valence-corrected chi connectivity index (χ1v) is 9.93. The van der Waals surface area contributed by atoms with Crippen LogP contribution in [0.25, 0.3) is 11.5 Å². The molecule has 0 aliphatic heterocycles. The van der Waals surface area contributed by atoms with Crippen LogP contribution in [0.1, 0.15) is 16.7 Å². The molecule has 1 aromatic carbocycles. The van der Waals surface area contributed by atoms with Crippen LogP contribution in [0.5, 0.6) is 5.88 Å². The fraction of sp³-hybridized carbons (Fsp3) is 0.263. The van der Waals surface area contributed by atoms with Gasteiger partial charge in [-0.25, -0.2) is 13.1 Å². The Hall–Kier alpha value is -2.71. The summed E-state index contributed by atoms with van der Waals surface area (Å²) in [4.78, 5) is 0.285. The molecular formula is C19H21N3O4S. The number of benzene rings is 1. The number of nitrogens with one attached hydrogen (secondary N) is 1. The van der Waals surface area contributed by atoms with Crippen LogP contribution in [0.4, 0.5) is 0 Å². The van der Waals surface area contributed by atoms with Crippen LogP contribution in [0.3, 0.4) is 0 Å². The third-order valence-corrected chi connectivity index (χ3v) is 5.74. The molecule has 8 heteroatoms. The molecule has 0 unspecified atom stereocenters. The van der Waals surface area contributed by atoms with E-state index in [2.05, 4.69) is 14.9 Å². The average molecular weight is 387 g/mol. The van der Waals surface area contributed by atoms with Gasteiger partial charge >= 0.3 is 0 Å². The van der Waals surface area contributed by atoms with Crippen LogP contribution in [0, 0.1) is 20.8 Å². The van der Waals surface area contributed by atoms with Crippen molar-refractivity contribution < 1.29 is 17.6 Å². The van der Waals surface area contributed by atoms with E-state index in [1.165, 1.54) is 0 Å². The Labute approximate surface area is 158 Å². The molecule has 1 N–H and O–H groups in total. The first-order valence-electron chi connectivity index (χ1n) is 8.45. The molecule has 2 heterocycles. The first kappa shape index (κ1) is 19.1. The van der Waals surface area contributed by atoms with Gasteiger partial charge in [0.25, 0.3) is 0 Å². The third kappa shape index (κ3) is 4.53. The molecular weight excluding hydrogens is 366 g/mol. The summed E-state index contributed by atoms with van der Waals surface area (Å²) >= 11 is 0. The quantitative estimate of drug-likeness (QED) is 0.626. The van der Waals surface area contributed by atoms with Crippen LogP contribution >= 0.6 is 0 Å². The summed E-state index contributed by atoms with van der Waals surface area (Å²) in [6.45, 7) is 5.89. The Kier molecular flexibility index (Phi) is 5.57.